The Morgan fingerprint density at radius 3 is 0.909 bits per heavy atom. The molecule has 0 fully saturated rings. The highest BCUT2D eigenvalue weighted by Gasteiger charge is 2.29. The van der Waals surface area contributed by atoms with Crippen LogP contribution >= 0.6 is 23.5 Å². The van der Waals surface area contributed by atoms with Gasteiger partial charge in [-0.05, 0) is 23.5 Å². The summed E-state index contributed by atoms with van der Waals surface area (Å²) in [7, 11) is 0. The van der Waals surface area contributed by atoms with Crippen molar-refractivity contribution in [3.8, 4) is 0 Å². The molecule has 0 aliphatic carbocycles. The van der Waals surface area contributed by atoms with E-state index in [9.17, 15) is 43.9 Å². The van der Waals surface area contributed by atoms with Crippen LogP contribution in [-0.2, 0) is 0 Å². The Morgan fingerprint density at radius 2 is 0.727 bits per heavy atom. The van der Waals surface area contributed by atoms with Gasteiger partial charge in [0.05, 0.1) is 9.79 Å². The molecule has 0 nitrogen and oxygen atoms in total. The summed E-state index contributed by atoms with van der Waals surface area (Å²) in [5.41, 5.74) is 0. The minimum atomic E-state index is -3.00. The fraction of sp³-hybridized carbons (Fsp3) is 0. The third-order valence-corrected chi connectivity index (χ3v) is 3.66. The van der Waals surface area contributed by atoms with E-state index in [0.29, 0.717) is 0 Å². The summed E-state index contributed by atoms with van der Waals surface area (Å²) in [6, 6.07) is 0. The Labute approximate surface area is 123 Å². The van der Waals surface area contributed by atoms with Crippen LogP contribution in [-0.4, -0.2) is 0 Å². The normalized spacial score (nSPS) is 10.6. The number of rotatable bonds is 4. The van der Waals surface area contributed by atoms with Gasteiger partial charge < -0.3 is 0 Å². The van der Waals surface area contributed by atoms with Crippen molar-refractivity contribution in [1.29, 1.82) is 0 Å². The molecule has 0 bridgehead atoms. The van der Waals surface area contributed by atoms with Crippen LogP contribution in [0.1, 0.15) is 0 Å². The van der Waals surface area contributed by atoms with Gasteiger partial charge in [-0.3, -0.25) is 0 Å². The summed E-state index contributed by atoms with van der Waals surface area (Å²) < 4.78 is 126. The Kier molecular flexibility index (Phi) is 6.23. The second-order valence-electron chi connectivity index (χ2n) is 3.19. The third-order valence-electron chi connectivity index (χ3n) is 1.86. The summed E-state index contributed by atoms with van der Waals surface area (Å²) in [5, 5.41) is -4.87. The van der Waals surface area contributed by atoms with Crippen molar-refractivity contribution in [2.75, 3.05) is 0 Å². The molecular weight excluding hydrogens is 374 g/mol. The molecule has 0 unspecified atom stereocenters. The number of benzene rings is 1. The first-order chi connectivity index (χ1) is 10.1. The van der Waals surface area contributed by atoms with Gasteiger partial charge in [-0.2, -0.15) is 26.3 Å². The summed E-state index contributed by atoms with van der Waals surface area (Å²) in [5.74, 6) is -9.35. The number of halogens is 10. The van der Waals surface area contributed by atoms with Gasteiger partial charge in [-0.25, -0.2) is 17.6 Å². The quantitative estimate of drug-likeness (QED) is 0.335. The fourth-order valence-corrected chi connectivity index (χ4v) is 2.26. The predicted molar refractivity (Wildman–Crippen MR) is 58.7 cm³/mol. The van der Waals surface area contributed by atoms with Crippen molar-refractivity contribution in [3.05, 3.63) is 45.7 Å². The van der Waals surface area contributed by atoms with Crippen LogP contribution in [0.25, 0.3) is 0 Å². The highest BCUT2D eigenvalue weighted by molar-refractivity contribution is 8.03. The zero-order valence-electron chi connectivity index (χ0n) is 9.60. The molecule has 0 radical (unpaired) electrons. The topological polar surface area (TPSA) is 0 Å². The highest BCUT2D eigenvalue weighted by Crippen LogP contribution is 2.42. The van der Waals surface area contributed by atoms with Gasteiger partial charge in [-0.1, -0.05) is 0 Å². The molecule has 0 amide bonds. The lowest BCUT2D eigenvalue weighted by Crippen LogP contribution is -2.01. The lowest BCUT2D eigenvalue weighted by atomic mass is 10.3. The lowest BCUT2D eigenvalue weighted by molar-refractivity contribution is 0.389. The minimum absolute atomic E-state index is 0.963. The van der Waals surface area contributed by atoms with Crippen molar-refractivity contribution in [2.24, 2.45) is 0 Å². The zero-order chi connectivity index (χ0) is 17.2. The maximum atomic E-state index is 13.4. The van der Waals surface area contributed by atoms with E-state index in [1.807, 2.05) is 0 Å². The van der Waals surface area contributed by atoms with Crippen LogP contribution in [0.3, 0.4) is 0 Å². The Hall–Kier alpha value is -1.30. The lowest BCUT2D eigenvalue weighted by Gasteiger charge is -2.09. The molecule has 12 heteroatoms. The van der Waals surface area contributed by atoms with Crippen molar-refractivity contribution >= 4 is 23.5 Å². The minimum Gasteiger partial charge on any atom is -0.202 e. The van der Waals surface area contributed by atoms with Crippen LogP contribution in [0.2, 0.25) is 0 Å². The molecule has 0 aliphatic heterocycles. The van der Waals surface area contributed by atoms with Gasteiger partial charge in [0.25, 0.3) is 0 Å². The Bertz CT molecular complexity index is 572. The second kappa shape index (κ2) is 7.31. The molecular formula is C10F10S2. The van der Waals surface area contributed by atoms with Crippen LogP contribution < -0.4 is 0 Å². The summed E-state index contributed by atoms with van der Waals surface area (Å²) in [6.07, 6.45) is -6.01. The van der Waals surface area contributed by atoms with E-state index in [2.05, 4.69) is 0 Å². The first kappa shape index (κ1) is 18.7. The molecule has 0 aliphatic rings. The van der Waals surface area contributed by atoms with E-state index in [1.54, 1.807) is 0 Å². The molecule has 122 valence electrons. The van der Waals surface area contributed by atoms with Gasteiger partial charge in [-0.15, -0.1) is 0 Å². The molecule has 0 atom stereocenters. The molecule has 1 rings (SSSR count). The molecule has 0 N–H and O–H groups in total. The van der Waals surface area contributed by atoms with Gasteiger partial charge in [0.2, 0.25) is 10.3 Å². The molecule has 22 heavy (non-hydrogen) atoms. The first-order valence-electron chi connectivity index (χ1n) is 4.71. The van der Waals surface area contributed by atoms with E-state index in [0.717, 1.165) is 0 Å². The Morgan fingerprint density at radius 1 is 0.500 bits per heavy atom. The fourth-order valence-electron chi connectivity index (χ4n) is 1.03. The van der Waals surface area contributed by atoms with E-state index in [-0.39, 0.29) is 0 Å². The predicted octanol–water partition coefficient (Wildman–Crippen LogP) is 6.50. The second-order valence-corrected chi connectivity index (χ2v) is 5.13. The molecule has 1 aromatic rings. The highest BCUT2D eigenvalue weighted by atomic mass is 32.2. The van der Waals surface area contributed by atoms with Crippen molar-refractivity contribution < 1.29 is 43.9 Å². The maximum absolute atomic E-state index is 13.4. The molecule has 0 saturated heterocycles. The molecule has 0 heterocycles. The molecule has 0 spiro atoms. The average molecular weight is 374 g/mol. The number of thioether (sulfide) groups is 2. The van der Waals surface area contributed by atoms with E-state index >= 15 is 0 Å². The van der Waals surface area contributed by atoms with Crippen LogP contribution in [0.15, 0.2) is 32.3 Å². The third kappa shape index (κ3) is 3.91. The average Bonchev–Trinajstić information content (AvgIpc) is 2.45. The van der Waals surface area contributed by atoms with Crippen molar-refractivity contribution in [2.45, 2.75) is 9.79 Å². The van der Waals surface area contributed by atoms with Crippen LogP contribution in [0, 0.1) is 23.3 Å². The van der Waals surface area contributed by atoms with Crippen molar-refractivity contribution in [1.82, 2.24) is 0 Å². The molecule has 0 saturated carbocycles. The summed E-state index contributed by atoms with van der Waals surface area (Å²) in [6.45, 7) is 0. The number of hydrogen-bond acceptors (Lipinski definition) is 2. The van der Waals surface area contributed by atoms with Crippen molar-refractivity contribution in [3.63, 3.8) is 0 Å². The van der Waals surface area contributed by atoms with E-state index in [4.69, 9.17) is 0 Å². The zero-order valence-corrected chi connectivity index (χ0v) is 11.2. The molecule has 0 aromatic heterocycles. The van der Waals surface area contributed by atoms with E-state index < -0.39 is 79.1 Å². The van der Waals surface area contributed by atoms with Gasteiger partial charge in [0, 0.05) is 0 Å². The van der Waals surface area contributed by atoms with Gasteiger partial charge >= 0.3 is 12.2 Å². The monoisotopic (exact) mass is 374 g/mol. The van der Waals surface area contributed by atoms with Gasteiger partial charge in [0.1, 0.15) is 0 Å². The summed E-state index contributed by atoms with van der Waals surface area (Å²) in [4.78, 5) is -3.62. The van der Waals surface area contributed by atoms with Crippen LogP contribution in [0.4, 0.5) is 43.9 Å². The maximum Gasteiger partial charge on any atom is 0.312 e. The standard InChI is InChI=1S/C10F10S2/c11-1-2(12)6(22-10(20)8(17)18)4(14)3(13)5(1)21-9(19)7(15)16. The smallest absolute Gasteiger partial charge is 0.202 e. The molecule has 1 aromatic carbocycles. The van der Waals surface area contributed by atoms with E-state index in [1.165, 1.54) is 0 Å². The van der Waals surface area contributed by atoms with Crippen LogP contribution in [0.5, 0.6) is 0 Å². The first-order valence-corrected chi connectivity index (χ1v) is 6.34. The Balaban J connectivity index is 3.45. The number of hydrogen-bond donors (Lipinski definition) is 0. The van der Waals surface area contributed by atoms with Gasteiger partial charge in [0.15, 0.2) is 23.3 Å². The summed E-state index contributed by atoms with van der Waals surface area (Å²) >= 11 is -1.93. The largest absolute Gasteiger partial charge is 0.312 e. The SMILES string of the molecule is FC(F)=C(F)Sc1c(F)c(F)c(SC(F)=C(F)F)c(F)c1F.